The highest BCUT2D eigenvalue weighted by molar-refractivity contribution is 5.81. The number of likely N-dealkylation sites (tertiary alicyclic amines) is 1. The van der Waals surface area contributed by atoms with Gasteiger partial charge in [0.15, 0.2) is 0 Å². The lowest BCUT2D eigenvalue weighted by molar-refractivity contribution is -0.146. The highest BCUT2D eigenvalue weighted by Crippen LogP contribution is 2.44. The molecule has 1 amide bonds. The first-order chi connectivity index (χ1) is 11.5. The second kappa shape index (κ2) is 7.37. The van der Waals surface area contributed by atoms with Crippen molar-refractivity contribution in [2.24, 2.45) is 11.3 Å². The van der Waals surface area contributed by atoms with Crippen molar-refractivity contribution in [3.8, 4) is 0 Å². The minimum atomic E-state index is -0.774. The summed E-state index contributed by atoms with van der Waals surface area (Å²) in [7, 11) is 2.11. The highest BCUT2D eigenvalue weighted by Gasteiger charge is 2.51. The van der Waals surface area contributed by atoms with Crippen LogP contribution in [-0.4, -0.2) is 97.8 Å². The van der Waals surface area contributed by atoms with Crippen LogP contribution in [0.2, 0.25) is 0 Å². The van der Waals surface area contributed by atoms with Crippen LogP contribution in [0.25, 0.3) is 0 Å². The van der Waals surface area contributed by atoms with E-state index in [0.29, 0.717) is 32.8 Å². The van der Waals surface area contributed by atoms with Crippen LogP contribution in [0.3, 0.4) is 0 Å². The molecule has 3 rings (SSSR count). The van der Waals surface area contributed by atoms with E-state index in [1.54, 1.807) is 4.90 Å². The number of carboxylic acid groups (broad SMARTS) is 1. The molecular formula is C17H29N3O4. The molecular weight excluding hydrogens is 310 g/mol. The van der Waals surface area contributed by atoms with E-state index in [9.17, 15) is 14.7 Å². The van der Waals surface area contributed by atoms with Gasteiger partial charge < -0.3 is 19.6 Å². The van der Waals surface area contributed by atoms with Gasteiger partial charge >= 0.3 is 5.97 Å². The van der Waals surface area contributed by atoms with Crippen molar-refractivity contribution in [2.75, 3.05) is 66.1 Å². The number of aliphatic carboxylic acids is 1. The Kier molecular flexibility index (Phi) is 5.42. The number of carboxylic acids is 1. The maximum absolute atomic E-state index is 12.7. The molecule has 3 saturated heterocycles. The van der Waals surface area contributed by atoms with E-state index in [4.69, 9.17) is 4.74 Å². The van der Waals surface area contributed by atoms with Gasteiger partial charge in [0.2, 0.25) is 5.91 Å². The standard InChI is InChI=1S/C17H29N3O4/c1-18-5-2-6-19(8-7-18)12-15(21)20-11-14(16(22)23)17(13-20)3-9-24-10-4-17/h14H,2-13H2,1H3,(H,22,23). The lowest BCUT2D eigenvalue weighted by Gasteiger charge is -2.36. The first-order valence-corrected chi connectivity index (χ1v) is 8.99. The summed E-state index contributed by atoms with van der Waals surface area (Å²) < 4.78 is 5.42. The fourth-order valence-electron chi connectivity index (χ4n) is 4.33. The molecule has 0 aromatic heterocycles. The van der Waals surface area contributed by atoms with Crippen LogP contribution >= 0.6 is 0 Å². The molecule has 1 unspecified atom stereocenters. The van der Waals surface area contributed by atoms with E-state index < -0.39 is 11.9 Å². The van der Waals surface area contributed by atoms with E-state index in [0.717, 1.165) is 45.4 Å². The Labute approximate surface area is 143 Å². The van der Waals surface area contributed by atoms with E-state index >= 15 is 0 Å². The van der Waals surface area contributed by atoms with Gasteiger partial charge in [-0.25, -0.2) is 0 Å². The number of amides is 1. The first kappa shape index (κ1) is 17.6. The van der Waals surface area contributed by atoms with Gasteiger partial charge in [0, 0.05) is 44.8 Å². The number of likely N-dealkylation sites (N-methyl/N-ethyl adjacent to an activating group) is 1. The fraction of sp³-hybridized carbons (Fsp3) is 0.882. The molecule has 1 N–H and O–H groups in total. The summed E-state index contributed by atoms with van der Waals surface area (Å²) in [4.78, 5) is 30.8. The van der Waals surface area contributed by atoms with Gasteiger partial charge in [-0.1, -0.05) is 0 Å². The Hall–Kier alpha value is -1.18. The fourth-order valence-corrected chi connectivity index (χ4v) is 4.33. The predicted molar refractivity (Wildman–Crippen MR) is 88.7 cm³/mol. The van der Waals surface area contributed by atoms with Crippen LogP contribution < -0.4 is 0 Å². The smallest absolute Gasteiger partial charge is 0.308 e. The van der Waals surface area contributed by atoms with Gasteiger partial charge in [-0.3, -0.25) is 14.5 Å². The molecule has 0 saturated carbocycles. The van der Waals surface area contributed by atoms with Gasteiger partial charge in [-0.15, -0.1) is 0 Å². The summed E-state index contributed by atoms with van der Waals surface area (Å²) in [6, 6.07) is 0. The molecule has 3 aliphatic rings. The molecule has 1 spiro atoms. The summed E-state index contributed by atoms with van der Waals surface area (Å²) in [6.45, 7) is 6.41. The van der Waals surface area contributed by atoms with Crippen molar-refractivity contribution < 1.29 is 19.4 Å². The minimum Gasteiger partial charge on any atom is -0.481 e. The van der Waals surface area contributed by atoms with Crippen molar-refractivity contribution in [2.45, 2.75) is 19.3 Å². The molecule has 1 atom stereocenters. The Morgan fingerprint density at radius 3 is 2.62 bits per heavy atom. The average Bonchev–Trinajstić information content (AvgIpc) is 2.79. The SMILES string of the molecule is CN1CCCN(CC(=O)N2CC(C(=O)O)C3(CCOCC3)C2)CC1. The van der Waals surface area contributed by atoms with Gasteiger partial charge in [0.05, 0.1) is 12.5 Å². The van der Waals surface area contributed by atoms with Gasteiger partial charge in [-0.2, -0.15) is 0 Å². The molecule has 136 valence electrons. The normalized spacial score (nSPS) is 28.9. The maximum Gasteiger partial charge on any atom is 0.308 e. The van der Waals surface area contributed by atoms with Crippen molar-refractivity contribution in [3.05, 3.63) is 0 Å². The molecule has 0 radical (unpaired) electrons. The van der Waals surface area contributed by atoms with Gasteiger partial charge in [-0.05, 0) is 39.4 Å². The second-order valence-electron chi connectivity index (χ2n) is 7.57. The first-order valence-electron chi connectivity index (χ1n) is 8.99. The summed E-state index contributed by atoms with van der Waals surface area (Å²) in [6.07, 6.45) is 2.55. The van der Waals surface area contributed by atoms with E-state index in [2.05, 4.69) is 16.8 Å². The Morgan fingerprint density at radius 1 is 1.17 bits per heavy atom. The van der Waals surface area contributed by atoms with Crippen LogP contribution in [0.5, 0.6) is 0 Å². The number of hydrogen-bond acceptors (Lipinski definition) is 5. The molecule has 3 fully saturated rings. The molecule has 7 heteroatoms. The summed E-state index contributed by atoms with van der Waals surface area (Å²) in [5.41, 5.74) is -0.293. The Balaban J connectivity index is 1.62. The third kappa shape index (κ3) is 3.73. The summed E-state index contributed by atoms with van der Waals surface area (Å²) in [5, 5.41) is 9.62. The number of carbonyl (C=O) groups excluding carboxylic acids is 1. The molecule has 0 aromatic rings. The third-order valence-corrected chi connectivity index (χ3v) is 5.96. The van der Waals surface area contributed by atoms with Crippen LogP contribution in [0.4, 0.5) is 0 Å². The van der Waals surface area contributed by atoms with Crippen LogP contribution in [-0.2, 0) is 14.3 Å². The zero-order valence-corrected chi connectivity index (χ0v) is 14.6. The number of nitrogens with zero attached hydrogens (tertiary/aromatic N) is 3. The monoisotopic (exact) mass is 339 g/mol. The second-order valence-corrected chi connectivity index (χ2v) is 7.57. The predicted octanol–water partition coefficient (Wildman–Crippen LogP) is -0.0363. The van der Waals surface area contributed by atoms with E-state index in [1.807, 2.05) is 0 Å². The van der Waals surface area contributed by atoms with Gasteiger partial charge in [0.25, 0.3) is 0 Å². The molecule has 0 bridgehead atoms. The quantitative estimate of drug-likeness (QED) is 0.778. The van der Waals surface area contributed by atoms with Crippen LogP contribution in [0.15, 0.2) is 0 Å². The van der Waals surface area contributed by atoms with Crippen molar-refractivity contribution >= 4 is 11.9 Å². The lowest BCUT2D eigenvalue weighted by Crippen LogP contribution is -2.42. The van der Waals surface area contributed by atoms with Crippen molar-refractivity contribution in [3.63, 3.8) is 0 Å². The molecule has 0 aliphatic carbocycles. The van der Waals surface area contributed by atoms with Crippen LogP contribution in [0.1, 0.15) is 19.3 Å². The number of hydrogen-bond donors (Lipinski definition) is 1. The third-order valence-electron chi connectivity index (χ3n) is 5.96. The molecule has 7 nitrogen and oxygen atoms in total. The largest absolute Gasteiger partial charge is 0.481 e. The number of rotatable bonds is 3. The van der Waals surface area contributed by atoms with Crippen molar-refractivity contribution in [1.82, 2.24) is 14.7 Å². The minimum absolute atomic E-state index is 0.0779. The van der Waals surface area contributed by atoms with E-state index in [-0.39, 0.29) is 11.3 Å². The van der Waals surface area contributed by atoms with Crippen molar-refractivity contribution in [1.29, 1.82) is 0 Å². The zero-order chi connectivity index (χ0) is 17.2. The summed E-state index contributed by atoms with van der Waals surface area (Å²) >= 11 is 0. The summed E-state index contributed by atoms with van der Waals surface area (Å²) in [5.74, 6) is -1.15. The Morgan fingerprint density at radius 2 is 1.92 bits per heavy atom. The molecule has 3 aliphatic heterocycles. The molecule has 0 aromatic carbocycles. The van der Waals surface area contributed by atoms with Crippen LogP contribution in [0, 0.1) is 11.3 Å². The Bertz CT molecular complexity index is 478. The lowest BCUT2D eigenvalue weighted by atomic mass is 9.72. The molecule has 3 heterocycles. The topological polar surface area (TPSA) is 73.3 Å². The number of ether oxygens (including phenoxy) is 1. The average molecular weight is 339 g/mol. The maximum atomic E-state index is 12.7. The van der Waals surface area contributed by atoms with E-state index in [1.165, 1.54) is 0 Å². The number of carbonyl (C=O) groups is 2. The molecule has 24 heavy (non-hydrogen) atoms. The van der Waals surface area contributed by atoms with Gasteiger partial charge in [0.1, 0.15) is 0 Å². The highest BCUT2D eigenvalue weighted by atomic mass is 16.5. The zero-order valence-electron chi connectivity index (χ0n) is 14.6.